The molecule has 162 valence electrons. The lowest BCUT2D eigenvalue weighted by Crippen LogP contribution is -2.41. The van der Waals surface area contributed by atoms with Crippen LogP contribution in [0.25, 0.3) is 0 Å². The molecular formula is C22H23N3O6. The number of carbonyl (C=O) groups excluding carboxylic acids is 2. The molecule has 9 heteroatoms. The van der Waals surface area contributed by atoms with E-state index in [2.05, 4.69) is 15.5 Å². The van der Waals surface area contributed by atoms with E-state index in [-0.39, 0.29) is 25.3 Å². The summed E-state index contributed by atoms with van der Waals surface area (Å²) in [6.07, 6.45) is 1.92. The molecule has 5 rings (SSSR count). The first-order valence-electron chi connectivity index (χ1n) is 10.3. The molecule has 0 aliphatic carbocycles. The average Bonchev–Trinajstić information content (AvgIpc) is 3.42. The standard InChI is InChI=1S/C22H23N3O6/c26-21(24-22(27)23-15-4-6-18-20(11-15)31-13-30-18)12-25-7-1-2-16(25)14-3-5-17-19(10-14)29-9-8-28-17/h3-6,10-11,16H,1-2,7-9,12-13H2,(H2,23,24,26,27)/t16-/m0/s1. The summed E-state index contributed by atoms with van der Waals surface area (Å²) in [6, 6.07) is 10.5. The number of ether oxygens (including phenoxy) is 4. The number of hydrogen-bond acceptors (Lipinski definition) is 7. The normalized spacial score (nSPS) is 19.2. The Morgan fingerprint density at radius 3 is 2.58 bits per heavy atom. The Morgan fingerprint density at radius 1 is 0.935 bits per heavy atom. The van der Waals surface area contributed by atoms with Crippen molar-refractivity contribution in [1.29, 1.82) is 0 Å². The molecule has 0 saturated carbocycles. The molecular weight excluding hydrogens is 402 g/mol. The number of anilines is 1. The van der Waals surface area contributed by atoms with Crippen LogP contribution >= 0.6 is 0 Å². The van der Waals surface area contributed by atoms with Gasteiger partial charge in [0.25, 0.3) is 0 Å². The first-order chi connectivity index (χ1) is 15.2. The van der Waals surface area contributed by atoms with Gasteiger partial charge in [-0.1, -0.05) is 6.07 Å². The lowest BCUT2D eigenvalue weighted by Gasteiger charge is -2.26. The van der Waals surface area contributed by atoms with Gasteiger partial charge < -0.3 is 24.3 Å². The Bertz CT molecular complexity index is 1010. The van der Waals surface area contributed by atoms with E-state index in [1.165, 1.54) is 0 Å². The summed E-state index contributed by atoms with van der Waals surface area (Å²) in [4.78, 5) is 26.8. The topological polar surface area (TPSA) is 98.4 Å². The highest BCUT2D eigenvalue weighted by molar-refractivity contribution is 6.01. The van der Waals surface area contributed by atoms with Crippen LogP contribution in [0.1, 0.15) is 24.4 Å². The van der Waals surface area contributed by atoms with Gasteiger partial charge in [0.15, 0.2) is 23.0 Å². The third kappa shape index (κ3) is 4.22. The molecule has 3 aliphatic heterocycles. The van der Waals surface area contributed by atoms with Gasteiger partial charge in [-0.2, -0.15) is 0 Å². The molecule has 3 aliphatic rings. The molecule has 0 aromatic heterocycles. The number of likely N-dealkylation sites (tertiary alicyclic amines) is 1. The Hall–Kier alpha value is -3.46. The average molecular weight is 425 g/mol. The minimum absolute atomic E-state index is 0.0958. The number of carbonyl (C=O) groups is 2. The van der Waals surface area contributed by atoms with E-state index in [9.17, 15) is 9.59 Å². The van der Waals surface area contributed by atoms with Crippen molar-refractivity contribution in [3.63, 3.8) is 0 Å². The SMILES string of the molecule is O=C(CN1CCC[C@H]1c1ccc2c(c1)OCCO2)NC(=O)Nc1ccc2c(c1)OCO2. The smallest absolute Gasteiger partial charge is 0.325 e. The summed E-state index contributed by atoms with van der Waals surface area (Å²) in [5.41, 5.74) is 1.60. The van der Waals surface area contributed by atoms with Gasteiger partial charge in [-0.25, -0.2) is 4.79 Å². The number of nitrogens with one attached hydrogen (secondary N) is 2. The summed E-state index contributed by atoms with van der Waals surface area (Å²) in [6.45, 7) is 2.16. The fourth-order valence-electron chi connectivity index (χ4n) is 4.15. The number of fused-ring (bicyclic) bond motifs is 2. The molecule has 0 radical (unpaired) electrons. The third-order valence-electron chi connectivity index (χ3n) is 5.54. The van der Waals surface area contributed by atoms with Gasteiger partial charge in [0, 0.05) is 17.8 Å². The van der Waals surface area contributed by atoms with Crippen molar-refractivity contribution in [3.05, 3.63) is 42.0 Å². The van der Waals surface area contributed by atoms with Crippen LogP contribution in [0.15, 0.2) is 36.4 Å². The Labute approximate surface area is 179 Å². The molecule has 1 saturated heterocycles. The van der Waals surface area contributed by atoms with Crippen molar-refractivity contribution in [2.24, 2.45) is 0 Å². The molecule has 1 atom stereocenters. The number of nitrogens with zero attached hydrogens (tertiary/aromatic N) is 1. The summed E-state index contributed by atoms with van der Waals surface area (Å²) in [5.74, 6) is 2.31. The quantitative estimate of drug-likeness (QED) is 0.777. The molecule has 1 fully saturated rings. The van der Waals surface area contributed by atoms with E-state index in [1.54, 1.807) is 18.2 Å². The zero-order chi connectivity index (χ0) is 21.2. The minimum Gasteiger partial charge on any atom is -0.486 e. The van der Waals surface area contributed by atoms with Crippen molar-refractivity contribution in [2.75, 3.05) is 38.4 Å². The first-order valence-corrected chi connectivity index (χ1v) is 10.3. The number of amides is 3. The molecule has 2 aromatic carbocycles. The molecule has 0 unspecified atom stereocenters. The Kier molecular flexibility index (Phi) is 5.25. The van der Waals surface area contributed by atoms with Crippen LogP contribution in [0.4, 0.5) is 10.5 Å². The van der Waals surface area contributed by atoms with Gasteiger partial charge in [0.05, 0.1) is 6.54 Å². The van der Waals surface area contributed by atoms with Crippen molar-refractivity contribution < 1.29 is 28.5 Å². The van der Waals surface area contributed by atoms with E-state index in [0.29, 0.717) is 30.4 Å². The van der Waals surface area contributed by atoms with Crippen LogP contribution in [0.5, 0.6) is 23.0 Å². The van der Waals surface area contributed by atoms with Gasteiger partial charge in [0.1, 0.15) is 13.2 Å². The summed E-state index contributed by atoms with van der Waals surface area (Å²) < 4.78 is 21.8. The molecule has 2 N–H and O–H groups in total. The highest BCUT2D eigenvalue weighted by atomic mass is 16.7. The molecule has 0 bridgehead atoms. The molecule has 31 heavy (non-hydrogen) atoms. The summed E-state index contributed by atoms with van der Waals surface area (Å²) >= 11 is 0. The highest BCUT2D eigenvalue weighted by Crippen LogP contribution is 2.38. The van der Waals surface area contributed by atoms with Crippen molar-refractivity contribution in [1.82, 2.24) is 10.2 Å². The second kappa shape index (κ2) is 8.35. The zero-order valence-electron chi connectivity index (χ0n) is 16.9. The van der Waals surface area contributed by atoms with Crippen LogP contribution in [0.3, 0.4) is 0 Å². The van der Waals surface area contributed by atoms with Crippen molar-refractivity contribution >= 4 is 17.6 Å². The van der Waals surface area contributed by atoms with E-state index in [4.69, 9.17) is 18.9 Å². The van der Waals surface area contributed by atoms with Gasteiger partial charge >= 0.3 is 6.03 Å². The van der Waals surface area contributed by atoms with Crippen molar-refractivity contribution in [2.45, 2.75) is 18.9 Å². The largest absolute Gasteiger partial charge is 0.486 e. The molecule has 2 aromatic rings. The van der Waals surface area contributed by atoms with E-state index in [0.717, 1.165) is 36.4 Å². The number of urea groups is 1. The fraction of sp³-hybridized carbons (Fsp3) is 0.364. The van der Waals surface area contributed by atoms with Crippen LogP contribution in [-0.4, -0.2) is 49.9 Å². The van der Waals surface area contributed by atoms with Gasteiger partial charge in [-0.15, -0.1) is 0 Å². The van der Waals surface area contributed by atoms with E-state index < -0.39 is 6.03 Å². The maximum atomic E-state index is 12.5. The van der Waals surface area contributed by atoms with E-state index >= 15 is 0 Å². The monoisotopic (exact) mass is 425 g/mol. The lowest BCUT2D eigenvalue weighted by molar-refractivity contribution is -0.121. The summed E-state index contributed by atoms with van der Waals surface area (Å²) in [7, 11) is 0. The lowest BCUT2D eigenvalue weighted by atomic mass is 10.0. The number of benzene rings is 2. The third-order valence-corrected chi connectivity index (χ3v) is 5.54. The van der Waals surface area contributed by atoms with Gasteiger partial charge in [-0.3, -0.25) is 15.0 Å². The summed E-state index contributed by atoms with van der Waals surface area (Å²) in [5, 5.41) is 5.05. The van der Waals surface area contributed by atoms with Crippen LogP contribution < -0.4 is 29.6 Å². The van der Waals surface area contributed by atoms with E-state index in [1.807, 2.05) is 18.2 Å². The Balaban J connectivity index is 1.18. The number of hydrogen-bond donors (Lipinski definition) is 2. The fourth-order valence-corrected chi connectivity index (χ4v) is 4.15. The van der Waals surface area contributed by atoms with Crippen LogP contribution in [0.2, 0.25) is 0 Å². The Morgan fingerprint density at radius 2 is 1.68 bits per heavy atom. The van der Waals surface area contributed by atoms with Crippen molar-refractivity contribution in [3.8, 4) is 23.0 Å². The first kappa shape index (κ1) is 19.5. The number of imide groups is 1. The van der Waals surface area contributed by atoms with Crippen LogP contribution in [0, 0.1) is 0 Å². The molecule has 3 amide bonds. The predicted octanol–water partition coefficient (Wildman–Crippen LogP) is 2.67. The molecule has 0 spiro atoms. The second-order valence-electron chi connectivity index (χ2n) is 7.60. The maximum absolute atomic E-state index is 12.5. The molecule has 9 nitrogen and oxygen atoms in total. The minimum atomic E-state index is -0.584. The molecule has 3 heterocycles. The van der Waals surface area contributed by atoms with Crippen LogP contribution in [-0.2, 0) is 4.79 Å². The van der Waals surface area contributed by atoms with Gasteiger partial charge in [0.2, 0.25) is 12.7 Å². The highest BCUT2D eigenvalue weighted by Gasteiger charge is 2.29. The maximum Gasteiger partial charge on any atom is 0.325 e. The predicted molar refractivity (Wildman–Crippen MR) is 111 cm³/mol. The number of rotatable bonds is 4. The van der Waals surface area contributed by atoms with Gasteiger partial charge in [-0.05, 0) is 49.2 Å². The second-order valence-corrected chi connectivity index (χ2v) is 7.60. The zero-order valence-corrected chi connectivity index (χ0v) is 16.9.